The molecule has 1 aromatic carbocycles. The molecular weight excluding hydrogens is 492 g/mol. The lowest BCUT2D eigenvalue weighted by Gasteiger charge is -2.38. The molecule has 2 aliphatic heterocycles. The third kappa shape index (κ3) is 9.66. The lowest BCUT2D eigenvalue weighted by atomic mass is 9.80. The number of halogens is 1. The Morgan fingerprint density at radius 2 is 1.76 bits per heavy atom. The Balaban J connectivity index is 0.00000400. The van der Waals surface area contributed by atoms with Gasteiger partial charge in [-0.3, -0.25) is 9.88 Å². The van der Waals surface area contributed by atoms with Crippen LogP contribution in [-0.2, 0) is 6.42 Å². The van der Waals surface area contributed by atoms with Gasteiger partial charge in [0.2, 0.25) is 0 Å². The number of unbranched alkanes of at least 4 members (excludes halogenated alkanes) is 4. The summed E-state index contributed by atoms with van der Waals surface area (Å²) in [5.41, 5.74) is 2.51. The van der Waals surface area contributed by atoms with Crippen molar-refractivity contribution in [2.75, 3.05) is 59.0 Å². The summed E-state index contributed by atoms with van der Waals surface area (Å²) >= 11 is 0. The first-order valence-corrected chi connectivity index (χ1v) is 15.4. The predicted molar refractivity (Wildman–Crippen MR) is 164 cm³/mol. The summed E-state index contributed by atoms with van der Waals surface area (Å²) in [6.45, 7) is 14.8. The number of aryl methyl sites for hydroxylation is 1. The highest BCUT2D eigenvalue weighted by Gasteiger charge is 2.27. The SMILES string of the molecule is CCCCCCCN1CC[C@@H](CCCc2ccnc3ccc(OCCN4CCNCC4)cc23)[C@@H](CC)C1.Cl. The van der Waals surface area contributed by atoms with Crippen molar-refractivity contribution in [1.29, 1.82) is 0 Å². The highest BCUT2D eigenvalue weighted by Crippen LogP contribution is 2.31. The molecule has 0 saturated carbocycles. The minimum atomic E-state index is 0. The molecule has 2 aromatic rings. The molecule has 0 radical (unpaired) electrons. The highest BCUT2D eigenvalue weighted by molar-refractivity contribution is 5.85. The summed E-state index contributed by atoms with van der Waals surface area (Å²) in [4.78, 5) is 9.87. The lowest BCUT2D eigenvalue weighted by Crippen LogP contribution is -2.44. The first-order chi connectivity index (χ1) is 18.3. The Hall–Kier alpha value is -1.40. The van der Waals surface area contributed by atoms with Crippen LogP contribution in [0.15, 0.2) is 30.5 Å². The minimum absolute atomic E-state index is 0. The molecule has 4 rings (SSSR count). The van der Waals surface area contributed by atoms with E-state index in [1.54, 1.807) is 0 Å². The van der Waals surface area contributed by atoms with E-state index in [1.807, 2.05) is 6.20 Å². The number of rotatable bonds is 15. The number of aromatic nitrogens is 1. The van der Waals surface area contributed by atoms with Crippen molar-refractivity contribution in [2.24, 2.45) is 11.8 Å². The molecule has 3 heterocycles. The highest BCUT2D eigenvalue weighted by atomic mass is 35.5. The van der Waals surface area contributed by atoms with Crippen molar-refractivity contribution < 1.29 is 4.74 Å². The fraction of sp³-hybridized carbons (Fsp3) is 0.719. The number of likely N-dealkylation sites (tertiary alicyclic amines) is 1. The van der Waals surface area contributed by atoms with E-state index in [1.165, 1.54) is 88.4 Å². The normalized spacial score (nSPS) is 20.9. The van der Waals surface area contributed by atoms with Crippen LogP contribution < -0.4 is 10.1 Å². The lowest BCUT2D eigenvalue weighted by molar-refractivity contribution is 0.108. The van der Waals surface area contributed by atoms with Crippen LogP contribution in [0.4, 0.5) is 0 Å². The maximum absolute atomic E-state index is 6.16. The number of pyridine rings is 1. The smallest absolute Gasteiger partial charge is 0.120 e. The van der Waals surface area contributed by atoms with Crippen molar-refractivity contribution in [2.45, 2.75) is 78.1 Å². The Morgan fingerprint density at radius 3 is 2.58 bits per heavy atom. The van der Waals surface area contributed by atoms with Gasteiger partial charge in [0.1, 0.15) is 12.4 Å². The van der Waals surface area contributed by atoms with Gasteiger partial charge in [0.05, 0.1) is 5.52 Å². The molecule has 2 atom stereocenters. The molecule has 0 aliphatic carbocycles. The summed E-state index contributed by atoms with van der Waals surface area (Å²) in [5, 5.41) is 4.69. The number of benzene rings is 1. The zero-order valence-corrected chi connectivity index (χ0v) is 25.0. The monoisotopic (exact) mass is 544 g/mol. The molecule has 0 unspecified atom stereocenters. The predicted octanol–water partition coefficient (Wildman–Crippen LogP) is 6.58. The molecule has 0 bridgehead atoms. The van der Waals surface area contributed by atoms with Crippen molar-refractivity contribution in [1.82, 2.24) is 20.1 Å². The molecule has 1 N–H and O–H groups in total. The van der Waals surface area contributed by atoms with Crippen molar-refractivity contribution in [3.05, 3.63) is 36.0 Å². The summed E-state index contributed by atoms with van der Waals surface area (Å²) in [6, 6.07) is 8.67. The standard InChI is InChI=1S/C32H52N4O.ClH/c1-3-5-6-7-8-19-36-20-15-28(27(4-2)26-36)10-9-11-29-14-16-34-32-13-12-30(25-31(29)32)37-24-23-35-21-17-33-18-22-35;/h12-14,16,25,27-28,33H,3-11,15,17-24,26H2,1-2H3;1H/t27-,28+;/m0./s1. The molecule has 1 aromatic heterocycles. The van der Waals surface area contributed by atoms with Crippen LogP contribution in [0, 0.1) is 11.8 Å². The van der Waals surface area contributed by atoms with Crippen LogP contribution >= 0.6 is 12.4 Å². The van der Waals surface area contributed by atoms with Crippen LogP contribution in [0.2, 0.25) is 0 Å². The third-order valence-corrected chi connectivity index (χ3v) is 8.79. The average molecular weight is 545 g/mol. The largest absolute Gasteiger partial charge is 0.492 e. The minimum Gasteiger partial charge on any atom is -0.492 e. The Morgan fingerprint density at radius 1 is 0.921 bits per heavy atom. The molecule has 38 heavy (non-hydrogen) atoms. The van der Waals surface area contributed by atoms with Gasteiger partial charge in [-0.15, -0.1) is 12.4 Å². The molecule has 2 aliphatic rings. The molecule has 0 spiro atoms. The number of hydrogen-bond donors (Lipinski definition) is 1. The van der Waals surface area contributed by atoms with Crippen LogP contribution in [-0.4, -0.2) is 73.7 Å². The Bertz CT molecular complexity index is 919. The van der Waals surface area contributed by atoms with Gasteiger partial charge in [0.15, 0.2) is 0 Å². The number of nitrogens with one attached hydrogen (secondary N) is 1. The topological polar surface area (TPSA) is 40.6 Å². The van der Waals surface area contributed by atoms with Gasteiger partial charge in [0, 0.05) is 50.9 Å². The maximum Gasteiger partial charge on any atom is 0.120 e. The van der Waals surface area contributed by atoms with Crippen LogP contribution in [0.3, 0.4) is 0 Å². The van der Waals surface area contributed by atoms with Crippen LogP contribution in [0.5, 0.6) is 5.75 Å². The van der Waals surface area contributed by atoms with Gasteiger partial charge in [-0.05, 0) is 86.9 Å². The third-order valence-electron chi connectivity index (χ3n) is 8.79. The van der Waals surface area contributed by atoms with E-state index < -0.39 is 0 Å². The molecular formula is C32H53ClN4O. The van der Waals surface area contributed by atoms with Crippen LogP contribution in [0.1, 0.15) is 77.2 Å². The number of hydrogen-bond acceptors (Lipinski definition) is 5. The summed E-state index contributed by atoms with van der Waals surface area (Å²) in [6.07, 6.45) is 15.4. The molecule has 5 nitrogen and oxygen atoms in total. The van der Waals surface area contributed by atoms with E-state index in [4.69, 9.17) is 4.74 Å². The van der Waals surface area contributed by atoms with Gasteiger partial charge < -0.3 is 15.0 Å². The summed E-state index contributed by atoms with van der Waals surface area (Å²) < 4.78 is 6.16. The zero-order valence-electron chi connectivity index (χ0n) is 24.1. The van der Waals surface area contributed by atoms with Crippen molar-refractivity contribution in [3.63, 3.8) is 0 Å². The molecule has 0 amide bonds. The summed E-state index contributed by atoms with van der Waals surface area (Å²) in [7, 11) is 0. The van der Waals surface area contributed by atoms with Gasteiger partial charge in [-0.1, -0.05) is 46.0 Å². The van der Waals surface area contributed by atoms with E-state index in [-0.39, 0.29) is 12.4 Å². The van der Waals surface area contributed by atoms with Gasteiger partial charge >= 0.3 is 0 Å². The maximum atomic E-state index is 6.16. The zero-order chi connectivity index (χ0) is 25.7. The second-order valence-corrected chi connectivity index (χ2v) is 11.4. The van der Waals surface area contributed by atoms with E-state index in [0.717, 1.165) is 68.9 Å². The second-order valence-electron chi connectivity index (χ2n) is 11.4. The van der Waals surface area contributed by atoms with Crippen molar-refractivity contribution >= 4 is 23.3 Å². The van der Waals surface area contributed by atoms with Crippen molar-refractivity contribution in [3.8, 4) is 5.75 Å². The van der Waals surface area contributed by atoms with E-state index >= 15 is 0 Å². The van der Waals surface area contributed by atoms with Crippen LogP contribution in [0.25, 0.3) is 10.9 Å². The quantitative estimate of drug-likeness (QED) is 0.256. The molecule has 2 fully saturated rings. The Kier molecular flexibility index (Phi) is 14.2. The van der Waals surface area contributed by atoms with E-state index in [0.29, 0.717) is 0 Å². The number of piperidine rings is 1. The number of fused-ring (bicyclic) bond motifs is 1. The van der Waals surface area contributed by atoms with Gasteiger partial charge in [-0.2, -0.15) is 0 Å². The fourth-order valence-corrected chi connectivity index (χ4v) is 6.41. The molecule has 2 saturated heterocycles. The van der Waals surface area contributed by atoms with Gasteiger partial charge in [0.25, 0.3) is 0 Å². The first-order valence-electron chi connectivity index (χ1n) is 15.4. The average Bonchev–Trinajstić information content (AvgIpc) is 2.94. The number of piperazine rings is 1. The van der Waals surface area contributed by atoms with Gasteiger partial charge in [-0.25, -0.2) is 0 Å². The second kappa shape index (κ2) is 17.3. The van der Waals surface area contributed by atoms with E-state index in [2.05, 4.69) is 58.2 Å². The number of ether oxygens (including phenoxy) is 1. The summed E-state index contributed by atoms with van der Waals surface area (Å²) in [5.74, 6) is 2.73. The molecule has 6 heteroatoms. The fourth-order valence-electron chi connectivity index (χ4n) is 6.41. The Labute approximate surface area is 238 Å². The first kappa shape index (κ1) is 31.1. The molecule has 214 valence electrons. The number of nitrogens with zero attached hydrogens (tertiary/aromatic N) is 3. The van der Waals surface area contributed by atoms with E-state index in [9.17, 15) is 0 Å².